The second-order valence-corrected chi connectivity index (χ2v) is 4.78. The van der Waals surface area contributed by atoms with Gasteiger partial charge in [0.1, 0.15) is 0 Å². The van der Waals surface area contributed by atoms with Crippen LogP contribution in [0.5, 0.6) is 0 Å². The van der Waals surface area contributed by atoms with E-state index in [4.69, 9.17) is 0 Å². The van der Waals surface area contributed by atoms with Gasteiger partial charge in [-0.3, -0.25) is 19.7 Å². The Kier molecular flexibility index (Phi) is 4.64. The van der Waals surface area contributed by atoms with Gasteiger partial charge in [0.05, 0.1) is 25.0 Å². The average Bonchev–Trinajstić information content (AvgIpc) is 2.41. The van der Waals surface area contributed by atoms with Crippen LogP contribution in [0.15, 0.2) is 18.6 Å². The van der Waals surface area contributed by atoms with Crippen LogP contribution in [0.2, 0.25) is 0 Å². The molecule has 5 nitrogen and oxygen atoms in total. The highest BCUT2D eigenvalue weighted by atomic mass is 16.2. The molecule has 5 heteroatoms. The quantitative estimate of drug-likeness (QED) is 0.795. The van der Waals surface area contributed by atoms with Crippen LogP contribution in [0.25, 0.3) is 0 Å². The molecular formula is C13H20N4O. The number of carbonyl (C=O) groups is 1. The lowest BCUT2D eigenvalue weighted by Crippen LogP contribution is -2.40. The van der Waals surface area contributed by atoms with Gasteiger partial charge in [0.15, 0.2) is 0 Å². The maximum atomic E-state index is 12.1. The van der Waals surface area contributed by atoms with E-state index in [1.54, 1.807) is 23.5 Å². The van der Waals surface area contributed by atoms with E-state index in [0.29, 0.717) is 13.1 Å². The van der Waals surface area contributed by atoms with Crippen molar-refractivity contribution in [3.05, 3.63) is 24.3 Å². The Labute approximate surface area is 108 Å². The Bertz CT molecular complexity index is 376. The first kappa shape index (κ1) is 13.0. The molecule has 0 aromatic carbocycles. The topological polar surface area (TPSA) is 49.3 Å². The van der Waals surface area contributed by atoms with E-state index in [2.05, 4.69) is 14.9 Å². The highest BCUT2D eigenvalue weighted by Crippen LogP contribution is 2.08. The van der Waals surface area contributed by atoms with E-state index in [-0.39, 0.29) is 5.91 Å². The maximum absolute atomic E-state index is 12.1. The molecule has 0 N–H and O–H groups in total. The molecule has 1 aromatic heterocycles. The van der Waals surface area contributed by atoms with Crippen LogP contribution < -0.4 is 0 Å². The van der Waals surface area contributed by atoms with Crippen molar-refractivity contribution in [2.24, 2.45) is 0 Å². The molecule has 0 spiro atoms. The van der Waals surface area contributed by atoms with Gasteiger partial charge in [-0.05, 0) is 25.9 Å². The average molecular weight is 248 g/mol. The second-order valence-electron chi connectivity index (χ2n) is 4.78. The summed E-state index contributed by atoms with van der Waals surface area (Å²) in [7, 11) is 1.82. The summed E-state index contributed by atoms with van der Waals surface area (Å²) in [5, 5.41) is 0. The number of rotatable bonds is 4. The number of nitrogens with zero attached hydrogens (tertiary/aromatic N) is 4. The molecule has 0 radical (unpaired) electrons. The predicted octanol–water partition coefficient (Wildman–Crippen LogP) is 0.921. The summed E-state index contributed by atoms with van der Waals surface area (Å²) in [5.74, 6) is 0.155. The number of amides is 1. The van der Waals surface area contributed by atoms with Gasteiger partial charge in [0.25, 0.3) is 0 Å². The van der Waals surface area contributed by atoms with Crippen molar-refractivity contribution in [1.82, 2.24) is 19.8 Å². The fourth-order valence-corrected chi connectivity index (χ4v) is 2.17. The van der Waals surface area contributed by atoms with Gasteiger partial charge in [-0.2, -0.15) is 0 Å². The Balaban J connectivity index is 1.81. The van der Waals surface area contributed by atoms with Crippen molar-refractivity contribution >= 4 is 5.91 Å². The van der Waals surface area contributed by atoms with E-state index in [1.807, 2.05) is 7.05 Å². The normalized spacial score (nSPS) is 16.5. The van der Waals surface area contributed by atoms with Crippen LogP contribution in [0.3, 0.4) is 0 Å². The molecule has 2 rings (SSSR count). The molecule has 18 heavy (non-hydrogen) atoms. The molecule has 0 aliphatic carbocycles. The lowest BCUT2D eigenvalue weighted by molar-refractivity contribution is -0.131. The molecule has 1 fully saturated rings. The molecule has 1 aromatic rings. The van der Waals surface area contributed by atoms with Gasteiger partial charge >= 0.3 is 0 Å². The highest BCUT2D eigenvalue weighted by Gasteiger charge is 2.16. The number of carbonyl (C=O) groups excluding carboxylic acids is 1. The van der Waals surface area contributed by atoms with Crippen LogP contribution in [0.1, 0.15) is 25.0 Å². The minimum absolute atomic E-state index is 0.155. The summed E-state index contributed by atoms with van der Waals surface area (Å²) in [4.78, 5) is 24.2. The predicted molar refractivity (Wildman–Crippen MR) is 68.8 cm³/mol. The molecule has 0 saturated carbocycles. The number of aromatic nitrogens is 2. The summed E-state index contributed by atoms with van der Waals surface area (Å²) in [6, 6.07) is 0. The van der Waals surface area contributed by atoms with Gasteiger partial charge in [-0.25, -0.2) is 0 Å². The third-order valence-electron chi connectivity index (χ3n) is 3.25. The Morgan fingerprint density at radius 2 is 2.11 bits per heavy atom. The van der Waals surface area contributed by atoms with Gasteiger partial charge in [-0.15, -0.1) is 0 Å². The third kappa shape index (κ3) is 3.77. The fraction of sp³-hybridized carbons (Fsp3) is 0.615. The van der Waals surface area contributed by atoms with Crippen LogP contribution in [0.4, 0.5) is 0 Å². The van der Waals surface area contributed by atoms with Crippen LogP contribution in [0, 0.1) is 0 Å². The number of hydrogen-bond donors (Lipinski definition) is 0. The molecule has 2 heterocycles. The zero-order valence-electron chi connectivity index (χ0n) is 10.9. The third-order valence-corrected chi connectivity index (χ3v) is 3.25. The molecule has 0 bridgehead atoms. The molecule has 1 aliphatic heterocycles. The molecule has 98 valence electrons. The molecule has 1 saturated heterocycles. The van der Waals surface area contributed by atoms with Crippen LogP contribution >= 0.6 is 0 Å². The van der Waals surface area contributed by atoms with Crippen LogP contribution in [-0.2, 0) is 11.3 Å². The van der Waals surface area contributed by atoms with Crippen molar-refractivity contribution in [2.75, 3.05) is 26.7 Å². The number of piperidine rings is 1. The van der Waals surface area contributed by atoms with Crippen molar-refractivity contribution in [1.29, 1.82) is 0 Å². The SMILES string of the molecule is CN(Cc1cnccn1)C(=O)CN1CCCCC1. The highest BCUT2D eigenvalue weighted by molar-refractivity contribution is 5.77. The van der Waals surface area contributed by atoms with Crippen molar-refractivity contribution < 1.29 is 4.79 Å². The lowest BCUT2D eigenvalue weighted by atomic mass is 10.1. The monoisotopic (exact) mass is 248 g/mol. The molecule has 1 amide bonds. The number of likely N-dealkylation sites (tertiary alicyclic amines) is 1. The first-order valence-electron chi connectivity index (χ1n) is 6.47. The minimum Gasteiger partial charge on any atom is -0.339 e. The summed E-state index contributed by atoms with van der Waals surface area (Å²) >= 11 is 0. The number of hydrogen-bond acceptors (Lipinski definition) is 4. The first-order valence-corrected chi connectivity index (χ1v) is 6.47. The van der Waals surface area contributed by atoms with Crippen molar-refractivity contribution in [3.8, 4) is 0 Å². The zero-order chi connectivity index (χ0) is 12.8. The molecular weight excluding hydrogens is 228 g/mol. The molecule has 1 aliphatic rings. The van der Waals surface area contributed by atoms with Gasteiger partial charge in [-0.1, -0.05) is 6.42 Å². The van der Waals surface area contributed by atoms with E-state index in [1.165, 1.54) is 19.3 Å². The van der Waals surface area contributed by atoms with Crippen LogP contribution in [-0.4, -0.2) is 52.4 Å². The Morgan fingerprint density at radius 1 is 1.33 bits per heavy atom. The molecule has 0 atom stereocenters. The summed E-state index contributed by atoms with van der Waals surface area (Å²) in [5.41, 5.74) is 0.826. The molecule has 0 unspecified atom stereocenters. The largest absolute Gasteiger partial charge is 0.339 e. The van der Waals surface area contributed by atoms with Gasteiger partial charge < -0.3 is 4.90 Å². The summed E-state index contributed by atoms with van der Waals surface area (Å²) < 4.78 is 0. The van der Waals surface area contributed by atoms with E-state index in [0.717, 1.165) is 18.8 Å². The second kappa shape index (κ2) is 6.44. The van der Waals surface area contributed by atoms with E-state index in [9.17, 15) is 4.79 Å². The standard InChI is InChI=1S/C13H20N4O/c1-16(10-12-9-14-5-6-15-12)13(18)11-17-7-3-2-4-8-17/h5-6,9H,2-4,7-8,10-11H2,1H3. The summed E-state index contributed by atoms with van der Waals surface area (Å²) in [6.07, 6.45) is 8.70. The van der Waals surface area contributed by atoms with Crippen molar-refractivity contribution in [3.63, 3.8) is 0 Å². The van der Waals surface area contributed by atoms with Crippen molar-refractivity contribution in [2.45, 2.75) is 25.8 Å². The van der Waals surface area contributed by atoms with E-state index < -0.39 is 0 Å². The Hall–Kier alpha value is -1.49. The zero-order valence-corrected chi connectivity index (χ0v) is 10.9. The lowest BCUT2D eigenvalue weighted by Gasteiger charge is -2.27. The maximum Gasteiger partial charge on any atom is 0.236 e. The van der Waals surface area contributed by atoms with Gasteiger partial charge in [0.2, 0.25) is 5.91 Å². The van der Waals surface area contributed by atoms with Gasteiger partial charge in [0, 0.05) is 19.4 Å². The summed E-state index contributed by atoms with van der Waals surface area (Å²) in [6.45, 7) is 3.15. The smallest absolute Gasteiger partial charge is 0.236 e. The Morgan fingerprint density at radius 3 is 2.78 bits per heavy atom. The fourth-order valence-electron chi connectivity index (χ4n) is 2.17. The minimum atomic E-state index is 0.155. The first-order chi connectivity index (χ1) is 8.75. The van der Waals surface area contributed by atoms with E-state index >= 15 is 0 Å². The number of likely N-dealkylation sites (N-methyl/N-ethyl adjacent to an activating group) is 1.